The topological polar surface area (TPSA) is 74.8 Å². The molecule has 2 heterocycles. The molecule has 0 bridgehead atoms. The smallest absolute Gasteiger partial charge is 0.226 e. The molecule has 1 aliphatic rings. The highest BCUT2D eigenvalue weighted by atomic mass is 32.2. The number of halogens is 1. The van der Waals surface area contributed by atoms with Gasteiger partial charge in [-0.1, -0.05) is 13.8 Å². The van der Waals surface area contributed by atoms with E-state index in [0.29, 0.717) is 30.4 Å². The lowest BCUT2D eigenvalue weighted by atomic mass is 9.95. The summed E-state index contributed by atoms with van der Waals surface area (Å²) in [4.78, 5) is 7.49. The molecule has 0 atom stereocenters. The van der Waals surface area contributed by atoms with Crippen molar-refractivity contribution < 1.29 is 12.8 Å². The lowest BCUT2D eigenvalue weighted by Crippen LogP contribution is -2.20. The lowest BCUT2D eigenvalue weighted by molar-refractivity contribution is 0.564. The summed E-state index contributed by atoms with van der Waals surface area (Å²) in [5.41, 5.74) is 3.04. The third-order valence-electron chi connectivity index (χ3n) is 5.10. The molecule has 7 heteroatoms. The molecule has 1 aliphatic heterocycles. The number of H-pyrrole nitrogens is 1. The molecule has 5 nitrogen and oxygen atoms in total. The van der Waals surface area contributed by atoms with E-state index in [1.165, 1.54) is 12.1 Å². The van der Waals surface area contributed by atoms with Crippen molar-refractivity contribution in [3.05, 3.63) is 41.3 Å². The number of hydrogen-bond acceptors (Lipinski definition) is 4. The third kappa shape index (κ3) is 2.41. The Hall–Kier alpha value is -2.41. The number of imidazole rings is 1. The minimum atomic E-state index is -3.55. The highest BCUT2D eigenvalue weighted by molar-refractivity contribution is 7.91. The van der Waals surface area contributed by atoms with E-state index in [4.69, 9.17) is 0 Å². The Kier molecular flexibility index (Phi) is 3.99. The first-order chi connectivity index (χ1) is 12.5. The van der Waals surface area contributed by atoms with Crippen molar-refractivity contribution >= 4 is 37.7 Å². The molecule has 2 N–H and O–H groups in total. The number of aromatic nitrogens is 2. The van der Waals surface area contributed by atoms with Crippen molar-refractivity contribution in [3.63, 3.8) is 0 Å². The first kappa shape index (κ1) is 17.0. The number of fused-ring (bicyclic) bond motifs is 6. The van der Waals surface area contributed by atoms with E-state index >= 15 is 0 Å². The minimum Gasteiger partial charge on any atom is -0.387 e. The van der Waals surface area contributed by atoms with E-state index in [9.17, 15) is 12.8 Å². The van der Waals surface area contributed by atoms with Crippen LogP contribution in [0.2, 0.25) is 0 Å². The van der Waals surface area contributed by atoms with Gasteiger partial charge in [0.2, 0.25) is 15.0 Å². The number of nitrogens with one attached hydrogen (secondary N) is 2. The van der Waals surface area contributed by atoms with Gasteiger partial charge in [-0.3, -0.25) is 0 Å². The summed E-state index contributed by atoms with van der Waals surface area (Å²) in [6, 6.07) is 4.53. The number of benzene rings is 2. The van der Waals surface area contributed by atoms with E-state index in [1.54, 1.807) is 6.07 Å². The van der Waals surface area contributed by atoms with E-state index in [0.717, 1.165) is 21.9 Å². The molecule has 0 fully saturated rings. The number of sulfone groups is 1. The minimum absolute atomic E-state index is 0.00726. The van der Waals surface area contributed by atoms with Crippen LogP contribution in [-0.2, 0) is 16.4 Å². The average molecular weight is 373 g/mol. The van der Waals surface area contributed by atoms with Crippen LogP contribution in [0.4, 0.5) is 4.39 Å². The fourth-order valence-electron chi connectivity index (χ4n) is 3.71. The van der Waals surface area contributed by atoms with Gasteiger partial charge in [-0.25, -0.2) is 17.8 Å². The number of nitrogens with zero attached hydrogens (tertiary/aromatic N) is 1. The first-order valence-electron chi connectivity index (χ1n) is 8.75. The molecule has 0 spiro atoms. The number of hydrogen-bond donors (Lipinski definition) is 2. The quantitative estimate of drug-likeness (QED) is 0.727. The Balaban J connectivity index is 2.08. The van der Waals surface area contributed by atoms with Crippen molar-refractivity contribution in [3.8, 4) is 0 Å². The largest absolute Gasteiger partial charge is 0.387 e. The van der Waals surface area contributed by atoms with E-state index in [2.05, 4.69) is 15.3 Å². The monoisotopic (exact) mass is 373 g/mol. The average Bonchev–Trinajstić information content (AvgIpc) is 3.09. The molecule has 0 unspecified atom stereocenters. The van der Waals surface area contributed by atoms with Gasteiger partial charge in [-0.15, -0.1) is 0 Å². The Morgan fingerprint density at radius 3 is 2.73 bits per heavy atom. The Morgan fingerprint density at radius 2 is 2.00 bits per heavy atom. The van der Waals surface area contributed by atoms with Crippen molar-refractivity contribution in [1.29, 1.82) is 0 Å². The zero-order valence-electron chi connectivity index (χ0n) is 14.6. The fourth-order valence-corrected chi connectivity index (χ4v) is 5.36. The maximum atomic E-state index is 13.8. The zero-order chi connectivity index (χ0) is 18.5. The van der Waals surface area contributed by atoms with Crippen LogP contribution in [0.25, 0.3) is 27.9 Å². The highest BCUT2D eigenvalue weighted by Gasteiger charge is 2.29. The highest BCUT2D eigenvalue weighted by Crippen LogP contribution is 2.35. The standard InChI is InChI=1S/C19H20FN3O2S/c1-3-12(4-2)26(24,25)19-22-17-13-6-5-11(20)9-15(13)16-10-21-8-7-14(16)18(17)23-19/h5-9,12,21H,3-4,10H2,1-2H3,(H,22,23). The Bertz CT molecular complexity index is 1140. The second kappa shape index (κ2) is 6.09. The molecule has 0 aliphatic carbocycles. The van der Waals surface area contributed by atoms with Gasteiger partial charge in [0.05, 0.1) is 16.3 Å². The van der Waals surface area contributed by atoms with Gasteiger partial charge in [-0.05, 0) is 54.3 Å². The molecule has 1 aromatic heterocycles. The summed E-state index contributed by atoms with van der Waals surface area (Å²) in [5.74, 6) is -0.325. The Morgan fingerprint density at radius 1 is 1.23 bits per heavy atom. The van der Waals surface area contributed by atoms with Crippen LogP contribution < -0.4 is 5.32 Å². The molecule has 0 saturated carbocycles. The molecule has 26 heavy (non-hydrogen) atoms. The number of aromatic amines is 1. The van der Waals surface area contributed by atoms with Crippen LogP contribution in [0.15, 0.2) is 29.6 Å². The molecule has 0 radical (unpaired) electrons. The summed E-state index contributed by atoms with van der Waals surface area (Å²) in [7, 11) is -3.55. The van der Waals surface area contributed by atoms with Gasteiger partial charge in [0.15, 0.2) is 0 Å². The molecule has 136 valence electrons. The summed E-state index contributed by atoms with van der Waals surface area (Å²) in [6.45, 7) is 4.28. The maximum absolute atomic E-state index is 13.8. The molecule has 0 saturated heterocycles. The van der Waals surface area contributed by atoms with Crippen LogP contribution in [0, 0.1) is 5.82 Å². The molecule has 2 aromatic carbocycles. The molecule has 4 rings (SSSR count). The second-order valence-electron chi connectivity index (χ2n) is 6.55. The Labute approximate surface area is 151 Å². The van der Waals surface area contributed by atoms with Gasteiger partial charge >= 0.3 is 0 Å². The third-order valence-corrected chi connectivity index (χ3v) is 7.38. The predicted molar refractivity (Wildman–Crippen MR) is 101 cm³/mol. The molecular formula is C19H20FN3O2S. The normalized spacial score (nSPS) is 14.2. The molecule has 0 amide bonds. The van der Waals surface area contributed by atoms with Crippen molar-refractivity contribution in [1.82, 2.24) is 15.3 Å². The van der Waals surface area contributed by atoms with Gasteiger partial charge in [0.1, 0.15) is 5.82 Å². The molecule has 3 aromatic rings. The van der Waals surface area contributed by atoms with Gasteiger partial charge in [0.25, 0.3) is 0 Å². The van der Waals surface area contributed by atoms with Gasteiger partial charge < -0.3 is 10.3 Å². The van der Waals surface area contributed by atoms with Gasteiger partial charge in [0, 0.05) is 17.5 Å². The summed E-state index contributed by atoms with van der Waals surface area (Å²) in [5, 5.41) is 4.16. The van der Waals surface area contributed by atoms with Crippen molar-refractivity contribution in [2.24, 2.45) is 0 Å². The van der Waals surface area contributed by atoms with Gasteiger partial charge in [-0.2, -0.15) is 0 Å². The first-order valence-corrected chi connectivity index (χ1v) is 10.3. The van der Waals surface area contributed by atoms with Crippen LogP contribution >= 0.6 is 0 Å². The number of rotatable bonds is 4. The molecular weight excluding hydrogens is 353 g/mol. The van der Waals surface area contributed by atoms with E-state index in [-0.39, 0.29) is 11.0 Å². The summed E-state index contributed by atoms with van der Waals surface area (Å²) in [6.07, 6.45) is 4.74. The van der Waals surface area contributed by atoms with Crippen LogP contribution in [-0.4, -0.2) is 23.6 Å². The second-order valence-corrected chi connectivity index (χ2v) is 8.69. The summed E-state index contributed by atoms with van der Waals surface area (Å²) >= 11 is 0. The van der Waals surface area contributed by atoms with Crippen LogP contribution in [0.1, 0.15) is 37.8 Å². The van der Waals surface area contributed by atoms with Crippen LogP contribution in [0.5, 0.6) is 0 Å². The zero-order valence-corrected chi connectivity index (χ0v) is 15.5. The SMILES string of the molecule is CCC(CC)S(=O)(=O)c1nc2c([nH]1)c1c(c3cc(F)ccc32)CNC=C1. The predicted octanol–water partition coefficient (Wildman–Crippen LogP) is 3.89. The lowest BCUT2D eigenvalue weighted by Gasteiger charge is -2.16. The van der Waals surface area contributed by atoms with E-state index < -0.39 is 15.1 Å². The van der Waals surface area contributed by atoms with Crippen molar-refractivity contribution in [2.45, 2.75) is 43.6 Å². The fraction of sp³-hybridized carbons (Fsp3) is 0.316. The maximum Gasteiger partial charge on any atom is 0.226 e. The van der Waals surface area contributed by atoms with E-state index in [1.807, 2.05) is 26.1 Å². The summed E-state index contributed by atoms with van der Waals surface area (Å²) < 4.78 is 39.7. The van der Waals surface area contributed by atoms with Crippen LogP contribution in [0.3, 0.4) is 0 Å². The van der Waals surface area contributed by atoms with Crippen molar-refractivity contribution in [2.75, 3.05) is 0 Å².